The lowest BCUT2D eigenvalue weighted by Crippen LogP contribution is -2.28. The second-order valence-corrected chi connectivity index (χ2v) is 8.83. The molecule has 2 heterocycles. The third-order valence-electron chi connectivity index (χ3n) is 6.50. The molecule has 1 amide bonds. The van der Waals surface area contributed by atoms with E-state index in [4.69, 9.17) is 0 Å². The Balaban J connectivity index is 0.00000168. The Morgan fingerprint density at radius 2 is 1.72 bits per heavy atom. The number of carbonyl (C=O) groups is 2. The molecule has 2 N–H and O–H groups in total. The second kappa shape index (κ2) is 7.74. The summed E-state index contributed by atoms with van der Waals surface area (Å²) >= 11 is 0. The Morgan fingerprint density at radius 3 is 2.50 bits per heavy atom. The minimum atomic E-state index is -3.73. The molecule has 0 bridgehead atoms. The van der Waals surface area contributed by atoms with Crippen LogP contribution in [0.2, 0.25) is 0 Å². The number of hydrogen-bond acceptors (Lipinski definition) is 5. The topological polar surface area (TPSA) is 97.8 Å². The van der Waals surface area contributed by atoms with E-state index < -0.39 is 17.7 Å². The number of aromatic nitrogens is 1. The van der Waals surface area contributed by atoms with Crippen molar-refractivity contribution < 1.29 is 35.8 Å². The molecule has 2 aliphatic rings. The summed E-state index contributed by atoms with van der Waals surface area (Å²) in [6.07, 6.45) is -2.66. The van der Waals surface area contributed by atoms with Gasteiger partial charge >= 0.3 is 12.3 Å². The molecule has 184 valence electrons. The van der Waals surface area contributed by atoms with Crippen LogP contribution in [0.25, 0.3) is 22.0 Å². The van der Waals surface area contributed by atoms with Crippen LogP contribution in [0, 0.1) is 0 Å². The highest BCUT2D eigenvalue weighted by Crippen LogP contribution is 2.52. The van der Waals surface area contributed by atoms with Gasteiger partial charge in [-0.1, -0.05) is 42.5 Å². The van der Waals surface area contributed by atoms with Crippen LogP contribution >= 0.6 is 0 Å². The summed E-state index contributed by atoms with van der Waals surface area (Å²) in [4.78, 5) is 29.5. The van der Waals surface area contributed by atoms with E-state index in [-0.39, 0.29) is 25.8 Å². The van der Waals surface area contributed by atoms with Gasteiger partial charge in [0, 0.05) is 13.8 Å². The highest BCUT2D eigenvalue weighted by Gasteiger charge is 2.53. The molecule has 4 aromatic rings. The molecule has 36 heavy (non-hydrogen) atoms. The largest absolute Gasteiger partial charge is 0.586 e. The molecule has 1 aromatic heterocycles. The standard InChI is InChI=1S/C27H18F2N2O5.2H2/c28-27(29)35-20-9-8-18(14-21(20)36-27)26(10-11-26)25(34)31-22-13-15-4-1-2-7-19(15)23(30-22)16-5-3-6-17(12-16)24(32)33;;/h1-9,12-14H,10-11H2,(H,32,33)(H,30,31,34);2*1H. The van der Waals surface area contributed by atoms with Crippen molar-refractivity contribution in [2.75, 3.05) is 5.32 Å². The molecule has 0 unspecified atom stereocenters. The van der Waals surface area contributed by atoms with Crippen molar-refractivity contribution in [3.63, 3.8) is 0 Å². The van der Waals surface area contributed by atoms with E-state index in [1.807, 2.05) is 24.3 Å². The quantitative estimate of drug-likeness (QED) is 0.350. The molecule has 0 spiro atoms. The number of fused-ring (bicyclic) bond motifs is 2. The van der Waals surface area contributed by atoms with Crippen molar-refractivity contribution in [3.05, 3.63) is 83.9 Å². The maximum atomic E-state index is 13.4. The number of pyridine rings is 1. The number of carboxylic acid groups (broad SMARTS) is 1. The number of carboxylic acids is 1. The lowest BCUT2D eigenvalue weighted by molar-refractivity contribution is -0.286. The number of ether oxygens (including phenoxy) is 2. The molecule has 1 fully saturated rings. The van der Waals surface area contributed by atoms with E-state index in [1.54, 1.807) is 24.3 Å². The predicted octanol–water partition coefficient (Wildman–Crippen LogP) is 6.08. The molecule has 1 aliphatic carbocycles. The van der Waals surface area contributed by atoms with Gasteiger partial charge in [0.15, 0.2) is 11.5 Å². The van der Waals surface area contributed by atoms with E-state index in [1.165, 1.54) is 24.3 Å². The predicted molar refractivity (Wildman–Crippen MR) is 131 cm³/mol. The normalized spacial score (nSPS) is 16.5. The van der Waals surface area contributed by atoms with E-state index in [9.17, 15) is 23.5 Å². The van der Waals surface area contributed by atoms with Crippen molar-refractivity contribution in [2.24, 2.45) is 0 Å². The van der Waals surface area contributed by atoms with E-state index in [0.29, 0.717) is 35.5 Å². The third-order valence-corrected chi connectivity index (χ3v) is 6.50. The Kier molecular flexibility index (Phi) is 4.72. The molecule has 1 saturated carbocycles. The van der Waals surface area contributed by atoms with Gasteiger partial charge in [-0.15, -0.1) is 8.78 Å². The van der Waals surface area contributed by atoms with Crippen molar-refractivity contribution >= 4 is 28.5 Å². The van der Waals surface area contributed by atoms with Gasteiger partial charge in [-0.3, -0.25) is 4.79 Å². The molecule has 3 aromatic carbocycles. The summed E-state index contributed by atoms with van der Waals surface area (Å²) in [5, 5.41) is 13.9. The summed E-state index contributed by atoms with van der Waals surface area (Å²) in [7, 11) is 0. The maximum absolute atomic E-state index is 13.4. The number of benzene rings is 3. The first-order valence-electron chi connectivity index (χ1n) is 11.2. The van der Waals surface area contributed by atoms with Crippen molar-refractivity contribution in [1.82, 2.24) is 4.98 Å². The van der Waals surface area contributed by atoms with Crippen LogP contribution in [-0.4, -0.2) is 28.3 Å². The molecule has 6 rings (SSSR count). The fraction of sp³-hybridized carbons (Fsp3) is 0.148. The van der Waals surface area contributed by atoms with Crippen molar-refractivity contribution in [2.45, 2.75) is 24.6 Å². The fourth-order valence-electron chi connectivity index (χ4n) is 4.54. The van der Waals surface area contributed by atoms with Gasteiger partial charge in [-0.05, 0) is 54.1 Å². The van der Waals surface area contributed by atoms with Crippen LogP contribution in [0.5, 0.6) is 11.5 Å². The SMILES string of the molecule is O=C(O)c1cccc(-c2nc(NC(=O)C3(c4ccc5c(c4)OC(F)(F)O5)CC3)cc3ccccc23)c1.[HH].[HH]. The first kappa shape index (κ1) is 22.0. The van der Waals surface area contributed by atoms with Gasteiger partial charge in [0.05, 0.1) is 16.7 Å². The van der Waals surface area contributed by atoms with Gasteiger partial charge in [-0.25, -0.2) is 9.78 Å². The number of hydrogen-bond donors (Lipinski definition) is 2. The highest BCUT2D eigenvalue weighted by molar-refractivity contribution is 6.04. The molecule has 0 radical (unpaired) electrons. The molecule has 0 atom stereocenters. The summed E-state index contributed by atoms with van der Waals surface area (Å²) in [5.74, 6) is -1.26. The van der Waals surface area contributed by atoms with Crippen LogP contribution in [0.3, 0.4) is 0 Å². The van der Waals surface area contributed by atoms with Gasteiger partial charge in [0.2, 0.25) is 5.91 Å². The number of amides is 1. The summed E-state index contributed by atoms with van der Waals surface area (Å²) in [6.45, 7) is 0. The zero-order valence-electron chi connectivity index (χ0n) is 18.6. The second-order valence-electron chi connectivity index (χ2n) is 8.83. The summed E-state index contributed by atoms with van der Waals surface area (Å²) in [5.41, 5.74) is 0.905. The number of nitrogens with zero attached hydrogens (tertiary/aromatic N) is 1. The monoisotopic (exact) mass is 492 g/mol. The smallest absolute Gasteiger partial charge is 0.478 e. The minimum absolute atomic E-state index is 0. The first-order valence-corrected chi connectivity index (χ1v) is 11.2. The number of rotatable bonds is 5. The Bertz CT molecular complexity index is 1580. The van der Waals surface area contributed by atoms with Gasteiger partial charge in [-0.2, -0.15) is 0 Å². The molecule has 7 nitrogen and oxygen atoms in total. The highest BCUT2D eigenvalue weighted by atomic mass is 19.3. The Labute approximate surface area is 206 Å². The number of carbonyl (C=O) groups excluding carboxylic acids is 1. The molecular formula is C27H22F2N2O5. The lowest BCUT2D eigenvalue weighted by Gasteiger charge is -2.17. The molecule has 9 heteroatoms. The molecule has 1 aliphatic heterocycles. The van der Waals surface area contributed by atoms with E-state index in [2.05, 4.69) is 19.8 Å². The Hall–Kier alpha value is -4.53. The average molecular weight is 492 g/mol. The maximum Gasteiger partial charge on any atom is 0.586 e. The van der Waals surface area contributed by atoms with E-state index >= 15 is 0 Å². The van der Waals surface area contributed by atoms with Gasteiger partial charge in [0.1, 0.15) is 5.82 Å². The third kappa shape index (κ3) is 3.69. The van der Waals surface area contributed by atoms with Gasteiger partial charge in [0.25, 0.3) is 0 Å². The molecule has 0 saturated heterocycles. The zero-order chi connectivity index (χ0) is 25.1. The number of alkyl halides is 2. The summed E-state index contributed by atoms with van der Waals surface area (Å²) < 4.78 is 35.9. The molecular weight excluding hydrogens is 470 g/mol. The van der Waals surface area contributed by atoms with Crippen LogP contribution < -0.4 is 14.8 Å². The van der Waals surface area contributed by atoms with Crippen molar-refractivity contribution in [3.8, 4) is 22.8 Å². The number of aromatic carboxylic acids is 1. The Morgan fingerprint density at radius 1 is 0.944 bits per heavy atom. The zero-order valence-corrected chi connectivity index (χ0v) is 18.6. The average Bonchev–Trinajstić information content (AvgIpc) is 3.60. The number of nitrogens with one attached hydrogen (secondary N) is 1. The van der Waals surface area contributed by atoms with Crippen LogP contribution in [0.4, 0.5) is 14.6 Å². The van der Waals surface area contributed by atoms with Crippen LogP contribution in [-0.2, 0) is 10.2 Å². The first-order chi connectivity index (χ1) is 17.2. The number of anilines is 1. The van der Waals surface area contributed by atoms with E-state index in [0.717, 1.165) is 10.8 Å². The summed E-state index contributed by atoms with van der Waals surface area (Å²) in [6, 6.07) is 20.0. The minimum Gasteiger partial charge on any atom is -0.478 e. The van der Waals surface area contributed by atoms with Crippen LogP contribution in [0.15, 0.2) is 72.8 Å². The van der Waals surface area contributed by atoms with Crippen LogP contribution in [0.1, 0.15) is 31.6 Å². The fourth-order valence-corrected chi connectivity index (χ4v) is 4.54. The van der Waals surface area contributed by atoms with Gasteiger partial charge < -0.3 is 19.9 Å². The lowest BCUT2D eigenvalue weighted by atomic mass is 9.94. The number of halogens is 2. The van der Waals surface area contributed by atoms with Crippen molar-refractivity contribution in [1.29, 1.82) is 0 Å².